The number of hydrogen-bond acceptors (Lipinski definition) is 3. The fraction of sp³-hybridized carbons (Fsp3) is 0.588. The van der Waals surface area contributed by atoms with Gasteiger partial charge in [0, 0.05) is 23.8 Å². The summed E-state index contributed by atoms with van der Waals surface area (Å²) in [6.45, 7) is 0.353. The Morgan fingerprint density at radius 2 is 1.74 bits per heavy atom. The van der Waals surface area contributed by atoms with Crippen LogP contribution >= 0.6 is 24.8 Å². The minimum atomic E-state index is 0. The van der Waals surface area contributed by atoms with Crippen molar-refractivity contribution in [1.29, 1.82) is 0 Å². The van der Waals surface area contributed by atoms with Gasteiger partial charge in [-0.25, -0.2) is 0 Å². The molecule has 2 atom stereocenters. The molecule has 1 aromatic rings. The SMILES string of the molecule is CN1C2CCCC1CC(NC(=O)CNc1ccccc1)C2.Cl.Cl. The van der Waals surface area contributed by atoms with Crippen molar-refractivity contribution >= 4 is 36.4 Å². The molecule has 0 radical (unpaired) electrons. The summed E-state index contributed by atoms with van der Waals surface area (Å²) in [4.78, 5) is 14.6. The fourth-order valence-corrected chi connectivity index (χ4v) is 3.75. The van der Waals surface area contributed by atoms with Crippen molar-refractivity contribution in [3.63, 3.8) is 0 Å². The van der Waals surface area contributed by atoms with Crippen molar-refractivity contribution in [3.05, 3.63) is 30.3 Å². The third-order valence-electron chi connectivity index (χ3n) is 4.93. The lowest BCUT2D eigenvalue weighted by Gasteiger charge is -2.47. The molecule has 1 aromatic carbocycles. The summed E-state index contributed by atoms with van der Waals surface area (Å²) in [6.07, 6.45) is 6.10. The Morgan fingerprint density at radius 1 is 1.13 bits per heavy atom. The Kier molecular flexibility index (Phi) is 8.17. The molecular weight excluding hydrogens is 333 g/mol. The van der Waals surface area contributed by atoms with Crippen LogP contribution in [0.25, 0.3) is 0 Å². The van der Waals surface area contributed by atoms with Crippen LogP contribution in [0.3, 0.4) is 0 Å². The van der Waals surface area contributed by atoms with Crippen molar-refractivity contribution in [3.8, 4) is 0 Å². The number of benzene rings is 1. The predicted octanol–water partition coefficient (Wildman–Crippen LogP) is 3.07. The number of nitrogens with zero attached hydrogens (tertiary/aromatic N) is 1. The first kappa shape index (κ1) is 20.1. The number of piperidine rings is 2. The molecule has 2 saturated heterocycles. The minimum Gasteiger partial charge on any atom is -0.376 e. The van der Waals surface area contributed by atoms with Gasteiger partial charge in [-0.15, -0.1) is 24.8 Å². The fourth-order valence-electron chi connectivity index (χ4n) is 3.75. The highest BCUT2D eigenvalue weighted by atomic mass is 35.5. The van der Waals surface area contributed by atoms with Crippen LogP contribution in [0.15, 0.2) is 30.3 Å². The first-order valence-corrected chi connectivity index (χ1v) is 8.02. The van der Waals surface area contributed by atoms with E-state index in [1.54, 1.807) is 0 Å². The molecule has 130 valence electrons. The summed E-state index contributed by atoms with van der Waals surface area (Å²) in [5, 5.41) is 6.38. The van der Waals surface area contributed by atoms with Crippen LogP contribution < -0.4 is 10.6 Å². The van der Waals surface area contributed by atoms with Gasteiger partial charge in [0.05, 0.1) is 6.54 Å². The smallest absolute Gasteiger partial charge is 0.239 e. The molecule has 2 bridgehead atoms. The number of halogens is 2. The molecule has 1 amide bonds. The van der Waals surface area contributed by atoms with Gasteiger partial charge in [-0.3, -0.25) is 4.79 Å². The second-order valence-corrected chi connectivity index (χ2v) is 6.36. The monoisotopic (exact) mass is 359 g/mol. The molecule has 4 nitrogen and oxygen atoms in total. The second kappa shape index (κ2) is 9.36. The van der Waals surface area contributed by atoms with Gasteiger partial charge < -0.3 is 15.5 Å². The van der Waals surface area contributed by atoms with E-state index >= 15 is 0 Å². The Balaban J connectivity index is 0.00000132. The summed E-state index contributed by atoms with van der Waals surface area (Å²) in [7, 11) is 2.24. The maximum absolute atomic E-state index is 12.1. The van der Waals surface area contributed by atoms with Crippen LogP contribution in [0, 0.1) is 0 Å². The van der Waals surface area contributed by atoms with Gasteiger partial charge in [0.1, 0.15) is 0 Å². The molecule has 6 heteroatoms. The van der Waals surface area contributed by atoms with Crippen LogP contribution in [0.4, 0.5) is 5.69 Å². The van der Waals surface area contributed by atoms with E-state index in [9.17, 15) is 4.79 Å². The summed E-state index contributed by atoms with van der Waals surface area (Å²) in [6, 6.07) is 11.5. The first-order valence-electron chi connectivity index (χ1n) is 8.02. The molecular formula is C17H27Cl2N3O. The molecule has 0 saturated carbocycles. The molecule has 2 aliphatic heterocycles. The maximum atomic E-state index is 12.1. The summed E-state index contributed by atoms with van der Waals surface area (Å²) >= 11 is 0. The van der Waals surface area contributed by atoms with E-state index < -0.39 is 0 Å². The average Bonchev–Trinajstić information content (AvgIpc) is 2.47. The number of anilines is 1. The number of amides is 1. The first-order chi connectivity index (χ1) is 10.2. The van der Waals surface area contributed by atoms with E-state index in [4.69, 9.17) is 0 Å². The van der Waals surface area contributed by atoms with Crippen LogP contribution in [-0.4, -0.2) is 42.5 Å². The number of carbonyl (C=O) groups excluding carboxylic acids is 1. The van der Waals surface area contributed by atoms with E-state index in [0.717, 1.165) is 18.5 Å². The van der Waals surface area contributed by atoms with E-state index in [1.165, 1.54) is 19.3 Å². The molecule has 3 rings (SSSR count). The standard InChI is InChI=1S/C17H25N3O.2ClH/c1-20-15-8-5-9-16(20)11-14(10-15)19-17(21)12-18-13-6-3-2-4-7-13;;/h2-4,6-7,14-16,18H,5,8-12H2,1H3,(H,19,21);2*1H. The molecule has 2 N–H and O–H groups in total. The largest absolute Gasteiger partial charge is 0.376 e. The zero-order chi connectivity index (χ0) is 14.7. The van der Waals surface area contributed by atoms with Crippen LogP contribution in [0.1, 0.15) is 32.1 Å². The van der Waals surface area contributed by atoms with Crippen molar-refractivity contribution in [2.24, 2.45) is 0 Å². The van der Waals surface area contributed by atoms with Crippen molar-refractivity contribution in [2.75, 3.05) is 18.9 Å². The highest BCUT2D eigenvalue weighted by Crippen LogP contribution is 2.32. The van der Waals surface area contributed by atoms with Crippen molar-refractivity contribution < 1.29 is 4.79 Å². The van der Waals surface area contributed by atoms with Gasteiger partial charge in [-0.2, -0.15) is 0 Å². The van der Waals surface area contributed by atoms with Crippen molar-refractivity contribution in [1.82, 2.24) is 10.2 Å². The van der Waals surface area contributed by atoms with Gasteiger partial charge in [0.15, 0.2) is 0 Å². The van der Waals surface area contributed by atoms with Crippen LogP contribution in [0.5, 0.6) is 0 Å². The molecule has 2 heterocycles. The van der Waals surface area contributed by atoms with Crippen LogP contribution in [-0.2, 0) is 4.79 Å². The Morgan fingerprint density at radius 3 is 2.35 bits per heavy atom. The second-order valence-electron chi connectivity index (χ2n) is 6.36. The van der Waals surface area contributed by atoms with Crippen molar-refractivity contribution in [2.45, 2.75) is 50.2 Å². The molecule has 0 aromatic heterocycles. The number of rotatable bonds is 4. The van der Waals surface area contributed by atoms with Gasteiger partial charge in [-0.1, -0.05) is 24.6 Å². The predicted molar refractivity (Wildman–Crippen MR) is 99.8 cm³/mol. The zero-order valence-electron chi connectivity index (χ0n) is 13.5. The quantitative estimate of drug-likeness (QED) is 0.867. The number of carbonyl (C=O) groups is 1. The summed E-state index contributed by atoms with van der Waals surface area (Å²) < 4.78 is 0. The lowest BCUT2D eigenvalue weighted by molar-refractivity contribution is -0.120. The molecule has 2 aliphatic rings. The Bertz CT molecular complexity index is 472. The molecule has 2 fully saturated rings. The lowest BCUT2D eigenvalue weighted by atomic mass is 9.82. The number of fused-ring (bicyclic) bond motifs is 2. The molecule has 0 spiro atoms. The third-order valence-corrected chi connectivity index (χ3v) is 4.93. The molecule has 23 heavy (non-hydrogen) atoms. The normalized spacial score (nSPS) is 26.4. The Labute approximate surface area is 151 Å². The van der Waals surface area contributed by atoms with E-state index in [1.807, 2.05) is 30.3 Å². The number of para-hydroxylation sites is 1. The van der Waals surface area contributed by atoms with Gasteiger partial charge in [-0.05, 0) is 44.9 Å². The third kappa shape index (κ3) is 5.27. The Hall–Kier alpha value is -0.970. The minimum absolute atomic E-state index is 0. The van der Waals surface area contributed by atoms with Gasteiger partial charge in [0.25, 0.3) is 0 Å². The number of nitrogens with one attached hydrogen (secondary N) is 2. The molecule has 2 unspecified atom stereocenters. The average molecular weight is 360 g/mol. The highest BCUT2D eigenvalue weighted by molar-refractivity contribution is 5.85. The summed E-state index contributed by atoms with van der Waals surface area (Å²) in [5.41, 5.74) is 0.993. The molecule has 0 aliphatic carbocycles. The summed E-state index contributed by atoms with van der Waals surface area (Å²) in [5.74, 6) is 0.103. The van der Waals surface area contributed by atoms with Gasteiger partial charge in [0.2, 0.25) is 5.91 Å². The number of hydrogen-bond donors (Lipinski definition) is 2. The van der Waals surface area contributed by atoms with Gasteiger partial charge >= 0.3 is 0 Å². The van der Waals surface area contributed by atoms with E-state index in [2.05, 4.69) is 22.6 Å². The topological polar surface area (TPSA) is 44.4 Å². The van der Waals surface area contributed by atoms with E-state index in [-0.39, 0.29) is 30.7 Å². The zero-order valence-corrected chi connectivity index (χ0v) is 15.2. The van der Waals surface area contributed by atoms with Crippen LogP contribution in [0.2, 0.25) is 0 Å². The highest BCUT2D eigenvalue weighted by Gasteiger charge is 2.36. The van der Waals surface area contributed by atoms with E-state index in [0.29, 0.717) is 24.7 Å². The maximum Gasteiger partial charge on any atom is 0.239 e. The lowest BCUT2D eigenvalue weighted by Crippen LogP contribution is -2.55.